The van der Waals surface area contributed by atoms with Gasteiger partial charge in [-0.25, -0.2) is 13.2 Å². The molecule has 2 aliphatic rings. The average molecular weight is 425 g/mol. The molecule has 9 heteroatoms. The van der Waals surface area contributed by atoms with Crippen LogP contribution in [0.2, 0.25) is 0 Å². The SMILES string of the molecule is C[C@@H]1C[C@@H](C)CN(S(=O)(=O)c2ccc(C(=O)OCC(=O)N3CCOCC3)cc2)C1. The van der Waals surface area contributed by atoms with Gasteiger partial charge in [-0.05, 0) is 42.5 Å². The van der Waals surface area contributed by atoms with Gasteiger partial charge >= 0.3 is 5.97 Å². The fraction of sp³-hybridized carbons (Fsp3) is 0.600. The fourth-order valence-electron chi connectivity index (χ4n) is 3.83. The highest BCUT2D eigenvalue weighted by atomic mass is 32.2. The molecule has 29 heavy (non-hydrogen) atoms. The number of sulfonamides is 1. The summed E-state index contributed by atoms with van der Waals surface area (Å²) in [6.07, 6.45) is 1.01. The highest BCUT2D eigenvalue weighted by molar-refractivity contribution is 7.89. The molecule has 2 atom stereocenters. The van der Waals surface area contributed by atoms with Crippen molar-refractivity contribution in [3.8, 4) is 0 Å². The van der Waals surface area contributed by atoms with Gasteiger partial charge in [0.05, 0.1) is 23.7 Å². The Morgan fingerprint density at radius 3 is 2.24 bits per heavy atom. The number of morpholine rings is 1. The minimum atomic E-state index is -3.60. The lowest BCUT2D eigenvalue weighted by atomic mass is 9.94. The molecule has 0 unspecified atom stereocenters. The van der Waals surface area contributed by atoms with Gasteiger partial charge in [0, 0.05) is 26.2 Å². The van der Waals surface area contributed by atoms with E-state index < -0.39 is 16.0 Å². The molecule has 0 N–H and O–H groups in total. The van der Waals surface area contributed by atoms with E-state index in [0.29, 0.717) is 51.2 Å². The lowest BCUT2D eigenvalue weighted by Crippen LogP contribution is -2.42. The number of piperidine rings is 1. The second kappa shape index (κ2) is 9.23. The van der Waals surface area contributed by atoms with Crippen molar-refractivity contribution in [2.45, 2.75) is 25.2 Å². The number of nitrogens with zero attached hydrogens (tertiary/aromatic N) is 2. The average Bonchev–Trinajstić information content (AvgIpc) is 2.71. The van der Waals surface area contributed by atoms with Gasteiger partial charge in [0.1, 0.15) is 0 Å². The van der Waals surface area contributed by atoms with Gasteiger partial charge in [-0.15, -0.1) is 0 Å². The van der Waals surface area contributed by atoms with E-state index in [1.165, 1.54) is 28.6 Å². The maximum Gasteiger partial charge on any atom is 0.338 e. The molecule has 3 rings (SSSR count). The van der Waals surface area contributed by atoms with Gasteiger partial charge in [-0.1, -0.05) is 13.8 Å². The van der Waals surface area contributed by atoms with Crippen LogP contribution in [-0.4, -0.2) is 75.5 Å². The lowest BCUT2D eigenvalue weighted by Gasteiger charge is -2.34. The van der Waals surface area contributed by atoms with E-state index in [1.807, 2.05) is 0 Å². The van der Waals surface area contributed by atoms with Crippen molar-refractivity contribution in [2.75, 3.05) is 46.0 Å². The van der Waals surface area contributed by atoms with Crippen LogP contribution in [-0.2, 0) is 24.3 Å². The fourth-order valence-corrected chi connectivity index (χ4v) is 5.51. The third kappa shape index (κ3) is 5.34. The summed E-state index contributed by atoms with van der Waals surface area (Å²) in [6.45, 7) is 6.68. The molecule has 0 aromatic heterocycles. The number of carbonyl (C=O) groups is 2. The predicted octanol–water partition coefficient (Wildman–Crippen LogP) is 1.37. The van der Waals surface area contributed by atoms with Crippen LogP contribution in [0, 0.1) is 11.8 Å². The number of amides is 1. The first-order chi connectivity index (χ1) is 13.8. The Morgan fingerprint density at radius 2 is 1.66 bits per heavy atom. The molecule has 0 aliphatic carbocycles. The topological polar surface area (TPSA) is 93.2 Å². The molecular formula is C20H28N2O6S. The number of benzene rings is 1. The van der Waals surface area contributed by atoms with Gasteiger partial charge in [0.25, 0.3) is 5.91 Å². The first kappa shape index (κ1) is 21.7. The summed E-state index contributed by atoms with van der Waals surface area (Å²) in [6, 6.07) is 5.68. The molecule has 1 aromatic carbocycles. The van der Waals surface area contributed by atoms with Crippen LogP contribution in [0.4, 0.5) is 0 Å². The Bertz CT molecular complexity index is 823. The molecule has 0 bridgehead atoms. The third-order valence-corrected chi connectivity index (χ3v) is 7.10. The predicted molar refractivity (Wildman–Crippen MR) is 106 cm³/mol. The molecule has 1 aromatic rings. The summed E-state index contributed by atoms with van der Waals surface area (Å²) in [5, 5.41) is 0. The number of rotatable bonds is 5. The molecule has 2 saturated heterocycles. The number of carbonyl (C=O) groups excluding carboxylic acids is 2. The molecule has 8 nitrogen and oxygen atoms in total. The second-order valence-corrected chi connectivity index (χ2v) is 9.80. The summed E-state index contributed by atoms with van der Waals surface area (Å²) in [4.78, 5) is 26.0. The van der Waals surface area contributed by atoms with E-state index in [2.05, 4.69) is 13.8 Å². The molecule has 160 valence electrons. The van der Waals surface area contributed by atoms with Gasteiger partial charge < -0.3 is 14.4 Å². The molecule has 0 spiro atoms. The maximum absolute atomic E-state index is 12.9. The van der Waals surface area contributed by atoms with E-state index in [-0.39, 0.29) is 23.0 Å². The van der Waals surface area contributed by atoms with Crippen LogP contribution in [0.1, 0.15) is 30.6 Å². The summed E-state index contributed by atoms with van der Waals surface area (Å²) >= 11 is 0. The molecule has 2 fully saturated rings. The Labute approximate surface area is 171 Å². The number of hydrogen-bond acceptors (Lipinski definition) is 6. The summed E-state index contributed by atoms with van der Waals surface area (Å²) < 4.78 is 37.6. The van der Waals surface area contributed by atoms with Gasteiger partial charge in [-0.2, -0.15) is 4.31 Å². The minimum Gasteiger partial charge on any atom is -0.452 e. The largest absolute Gasteiger partial charge is 0.452 e. The standard InChI is InChI=1S/C20H28N2O6S/c1-15-11-16(2)13-22(12-15)29(25,26)18-5-3-17(4-6-18)20(24)28-14-19(23)21-7-9-27-10-8-21/h3-6,15-16H,7-14H2,1-2H3/t15-,16-/m1/s1. The van der Waals surface area contributed by atoms with Crippen molar-refractivity contribution in [3.05, 3.63) is 29.8 Å². The van der Waals surface area contributed by atoms with Crippen molar-refractivity contribution in [2.24, 2.45) is 11.8 Å². The van der Waals surface area contributed by atoms with Crippen molar-refractivity contribution in [1.29, 1.82) is 0 Å². The van der Waals surface area contributed by atoms with Gasteiger partial charge in [-0.3, -0.25) is 4.79 Å². The summed E-state index contributed by atoms with van der Waals surface area (Å²) in [5.74, 6) is -0.302. The summed E-state index contributed by atoms with van der Waals surface area (Å²) in [5.41, 5.74) is 0.208. The van der Waals surface area contributed by atoms with Crippen molar-refractivity contribution in [1.82, 2.24) is 9.21 Å². The molecule has 1 amide bonds. The monoisotopic (exact) mass is 424 g/mol. The second-order valence-electron chi connectivity index (χ2n) is 7.86. The lowest BCUT2D eigenvalue weighted by molar-refractivity contribution is -0.138. The van der Waals surface area contributed by atoms with Crippen molar-refractivity contribution in [3.63, 3.8) is 0 Å². The zero-order valence-corrected chi connectivity index (χ0v) is 17.7. The van der Waals surface area contributed by atoms with Crippen LogP contribution in [0.5, 0.6) is 0 Å². The number of ether oxygens (including phenoxy) is 2. The minimum absolute atomic E-state index is 0.153. The van der Waals surface area contributed by atoms with E-state index in [0.717, 1.165) is 6.42 Å². The van der Waals surface area contributed by atoms with Crippen molar-refractivity contribution < 1.29 is 27.5 Å². The molecule has 2 aliphatic heterocycles. The van der Waals surface area contributed by atoms with Gasteiger partial charge in [0.15, 0.2) is 6.61 Å². The van der Waals surface area contributed by atoms with Crippen LogP contribution in [0.25, 0.3) is 0 Å². The first-order valence-electron chi connectivity index (χ1n) is 9.90. The maximum atomic E-state index is 12.9. The molecular weight excluding hydrogens is 396 g/mol. The summed E-state index contributed by atoms with van der Waals surface area (Å²) in [7, 11) is -3.60. The van der Waals surface area contributed by atoms with Crippen LogP contribution in [0.15, 0.2) is 29.2 Å². The zero-order chi connectivity index (χ0) is 21.0. The Kier molecular flexibility index (Phi) is 6.92. The third-order valence-electron chi connectivity index (χ3n) is 5.25. The van der Waals surface area contributed by atoms with Gasteiger partial charge in [0.2, 0.25) is 10.0 Å². The number of hydrogen-bond donors (Lipinski definition) is 0. The van der Waals surface area contributed by atoms with Crippen molar-refractivity contribution >= 4 is 21.9 Å². The quantitative estimate of drug-likeness (QED) is 0.663. The van der Waals surface area contributed by atoms with Crippen LogP contribution < -0.4 is 0 Å². The highest BCUT2D eigenvalue weighted by Crippen LogP contribution is 2.26. The van der Waals surface area contributed by atoms with E-state index in [9.17, 15) is 18.0 Å². The van der Waals surface area contributed by atoms with Crippen LogP contribution in [0.3, 0.4) is 0 Å². The zero-order valence-electron chi connectivity index (χ0n) is 16.9. The van der Waals surface area contributed by atoms with E-state index in [1.54, 1.807) is 4.90 Å². The normalized spacial score (nSPS) is 23.6. The number of esters is 1. The molecule has 2 heterocycles. The molecule has 0 saturated carbocycles. The Balaban J connectivity index is 1.60. The van der Waals surface area contributed by atoms with E-state index in [4.69, 9.17) is 9.47 Å². The molecule has 0 radical (unpaired) electrons. The highest BCUT2D eigenvalue weighted by Gasteiger charge is 2.31. The Morgan fingerprint density at radius 1 is 1.07 bits per heavy atom. The van der Waals surface area contributed by atoms with E-state index >= 15 is 0 Å². The Hall–Kier alpha value is -1.97. The smallest absolute Gasteiger partial charge is 0.338 e. The first-order valence-corrected chi connectivity index (χ1v) is 11.3. The van der Waals surface area contributed by atoms with Crippen LogP contribution >= 0.6 is 0 Å².